The Labute approximate surface area is 167 Å². The van der Waals surface area contributed by atoms with Crippen molar-refractivity contribution in [3.8, 4) is 16.9 Å². The van der Waals surface area contributed by atoms with Crippen LogP contribution in [0.25, 0.3) is 27.5 Å². The lowest BCUT2D eigenvalue weighted by molar-refractivity contribution is 0.423. The van der Waals surface area contributed by atoms with Crippen molar-refractivity contribution >= 4 is 16.4 Å². The third kappa shape index (κ3) is 2.88. The van der Waals surface area contributed by atoms with Crippen LogP contribution in [0.2, 0.25) is 0 Å². The third-order valence-electron chi connectivity index (χ3n) is 5.56. The molecule has 0 spiro atoms. The second kappa shape index (κ2) is 6.13. The predicted octanol–water partition coefficient (Wildman–Crippen LogP) is 7.06. The van der Waals surface area contributed by atoms with Crippen LogP contribution >= 0.6 is 0 Å². The van der Waals surface area contributed by atoms with E-state index in [0.717, 1.165) is 16.7 Å². The zero-order chi connectivity index (χ0) is 20.3. The van der Waals surface area contributed by atoms with E-state index in [2.05, 4.69) is 107 Å². The van der Waals surface area contributed by atoms with Crippen LogP contribution in [0.1, 0.15) is 52.7 Å². The predicted molar refractivity (Wildman–Crippen MR) is 119 cm³/mol. The average Bonchev–Trinajstić information content (AvgIpc) is 2.95. The van der Waals surface area contributed by atoms with Crippen LogP contribution in [0, 0.1) is 0 Å². The molecule has 0 aliphatic rings. The third-order valence-corrected chi connectivity index (χ3v) is 5.56. The van der Waals surface area contributed by atoms with Gasteiger partial charge in [0, 0.05) is 28.3 Å². The molecule has 0 aliphatic heterocycles. The van der Waals surface area contributed by atoms with Crippen molar-refractivity contribution in [3.05, 3.63) is 71.9 Å². The number of para-hydroxylation sites is 1. The molecule has 2 aromatic heterocycles. The number of rotatable bonds is 1. The first-order valence-electron chi connectivity index (χ1n) is 9.95. The smallest absolute Gasteiger partial charge is 0.123 e. The molecule has 144 valence electrons. The van der Waals surface area contributed by atoms with Gasteiger partial charge >= 0.3 is 0 Å². The van der Waals surface area contributed by atoms with Crippen molar-refractivity contribution in [2.45, 2.75) is 52.4 Å². The number of hydrogen-bond acceptors (Lipinski definition) is 1. The Hall–Kier alpha value is -2.74. The summed E-state index contributed by atoms with van der Waals surface area (Å²) in [6.07, 6.45) is 2.12. The maximum atomic E-state index is 11.1. The summed E-state index contributed by atoms with van der Waals surface area (Å²) < 4.78 is 2.26. The largest absolute Gasteiger partial charge is 0.507 e. The van der Waals surface area contributed by atoms with E-state index >= 15 is 0 Å². The fourth-order valence-electron chi connectivity index (χ4n) is 4.12. The second-order valence-electron chi connectivity index (χ2n) is 9.77. The van der Waals surface area contributed by atoms with Gasteiger partial charge in [-0.05, 0) is 46.7 Å². The van der Waals surface area contributed by atoms with Crippen molar-refractivity contribution in [2.24, 2.45) is 0 Å². The molecule has 2 aromatic carbocycles. The quantitative estimate of drug-likeness (QED) is 0.380. The van der Waals surface area contributed by atoms with E-state index in [9.17, 15) is 5.11 Å². The first-order chi connectivity index (χ1) is 13.1. The molecule has 0 bridgehead atoms. The molecule has 4 rings (SSSR count). The molecule has 28 heavy (non-hydrogen) atoms. The summed E-state index contributed by atoms with van der Waals surface area (Å²) in [5, 5.41) is 12.3. The Morgan fingerprint density at radius 2 is 1.25 bits per heavy atom. The molecule has 0 amide bonds. The number of aromatic nitrogens is 1. The number of benzene rings is 2. The number of phenols is 1. The van der Waals surface area contributed by atoms with Crippen molar-refractivity contribution in [1.29, 1.82) is 0 Å². The first-order valence-corrected chi connectivity index (χ1v) is 9.95. The van der Waals surface area contributed by atoms with Crippen molar-refractivity contribution < 1.29 is 5.11 Å². The number of pyridine rings is 1. The lowest BCUT2D eigenvalue weighted by Gasteiger charge is -2.28. The molecule has 2 heteroatoms. The second-order valence-corrected chi connectivity index (χ2v) is 9.77. The number of aromatic hydroxyl groups is 1. The number of phenolic OH excluding ortho intramolecular Hbond substituents is 1. The molecule has 0 atom stereocenters. The molecule has 0 aliphatic carbocycles. The fourth-order valence-corrected chi connectivity index (χ4v) is 4.12. The summed E-state index contributed by atoms with van der Waals surface area (Å²) in [4.78, 5) is 0. The Balaban J connectivity index is 2.16. The zero-order valence-corrected chi connectivity index (χ0v) is 17.7. The van der Waals surface area contributed by atoms with Crippen LogP contribution in [-0.2, 0) is 10.8 Å². The van der Waals surface area contributed by atoms with Gasteiger partial charge < -0.3 is 9.51 Å². The number of fused-ring (bicyclic) bond motifs is 3. The molecule has 0 radical (unpaired) electrons. The van der Waals surface area contributed by atoms with E-state index in [1.807, 2.05) is 0 Å². The molecule has 4 aromatic rings. The van der Waals surface area contributed by atoms with E-state index in [0.29, 0.717) is 5.75 Å². The molecular weight excluding hydrogens is 342 g/mol. The molecular formula is C26H29NO. The molecule has 0 saturated heterocycles. The summed E-state index contributed by atoms with van der Waals surface area (Å²) in [6.45, 7) is 13.0. The van der Waals surface area contributed by atoms with E-state index in [-0.39, 0.29) is 10.8 Å². The maximum Gasteiger partial charge on any atom is 0.123 e. The lowest BCUT2D eigenvalue weighted by atomic mass is 9.77. The maximum absolute atomic E-state index is 11.1. The van der Waals surface area contributed by atoms with Crippen LogP contribution in [0.5, 0.6) is 5.75 Å². The summed E-state index contributed by atoms with van der Waals surface area (Å²) in [5.41, 5.74) is 6.48. The Morgan fingerprint density at radius 1 is 0.714 bits per heavy atom. The van der Waals surface area contributed by atoms with E-state index in [1.54, 1.807) is 0 Å². The monoisotopic (exact) mass is 371 g/mol. The van der Waals surface area contributed by atoms with Crippen LogP contribution in [0.3, 0.4) is 0 Å². The fraction of sp³-hybridized carbons (Fsp3) is 0.308. The van der Waals surface area contributed by atoms with Gasteiger partial charge in [-0.25, -0.2) is 0 Å². The average molecular weight is 372 g/mol. The van der Waals surface area contributed by atoms with Gasteiger partial charge in [-0.15, -0.1) is 0 Å². The Kier molecular flexibility index (Phi) is 4.08. The normalized spacial score (nSPS) is 12.8. The summed E-state index contributed by atoms with van der Waals surface area (Å²) >= 11 is 0. The van der Waals surface area contributed by atoms with Gasteiger partial charge in [0.05, 0.1) is 11.0 Å². The van der Waals surface area contributed by atoms with Crippen LogP contribution in [0.4, 0.5) is 0 Å². The van der Waals surface area contributed by atoms with E-state index in [1.165, 1.54) is 22.0 Å². The highest BCUT2D eigenvalue weighted by atomic mass is 16.3. The van der Waals surface area contributed by atoms with Gasteiger partial charge in [0.25, 0.3) is 0 Å². The summed E-state index contributed by atoms with van der Waals surface area (Å²) in [7, 11) is 0. The highest BCUT2D eigenvalue weighted by Gasteiger charge is 2.27. The van der Waals surface area contributed by atoms with Gasteiger partial charge in [0.1, 0.15) is 5.75 Å². The summed E-state index contributed by atoms with van der Waals surface area (Å²) in [6, 6.07) is 19.2. The van der Waals surface area contributed by atoms with E-state index < -0.39 is 0 Å². The lowest BCUT2D eigenvalue weighted by Crippen LogP contribution is -2.17. The van der Waals surface area contributed by atoms with Crippen molar-refractivity contribution in [2.75, 3.05) is 0 Å². The van der Waals surface area contributed by atoms with Crippen LogP contribution in [-0.4, -0.2) is 9.51 Å². The van der Waals surface area contributed by atoms with Gasteiger partial charge in [-0.2, -0.15) is 0 Å². The highest BCUT2D eigenvalue weighted by Crippen LogP contribution is 2.44. The SMILES string of the molecule is CC(C)(C)c1cc(-c2c3ccccc3n3ccccc23)cc(C(C)(C)C)c1O. The van der Waals surface area contributed by atoms with Crippen molar-refractivity contribution in [3.63, 3.8) is 0 Å². The number of hydrogen-bond donors (Lipinski definition) is 1. The van der Waals surface area contributed by atoms with Gasteiger partial charge in [-0.3, -0.25) is 0 Å². The minimum atomic E-state index is -0.147. The molecule has 0 fully saturated rings. The Morgan fingerprint density at radius 3 is 1.86 bits per heavy atom. The van der Waals surface area contributed by atoms with Gasteiger partial charge in [-0.1, -0.05) is 65.8 Å². The molecule has 1 N–H and O–H groups in total. The molecule has 2 heterocycles. The topological polar surface area (TPSA) is 24.6 Å². The van der Waals surface area contributed by atoms with E-state index in [4.69, 9.17) is 0 Å². The molecule has 2 nitrogen and oxygen atoms in total. The van der Waals surface area contributed by atoms with Gasteiger partial charge in [0.15, 0.2) is 0 Å². The van der Waals surface area contributed by atoms with Crippen LogP contribution < -0.4 is 0 Å². The number of nitrogens with zero attached hydrogens (tertiary/aromatic N) is 1. The highest BCUT2D eigenvalue weighted by molar-refractivity contribution is 6.05. The zero-order valence-electron chi connectivity index (χ0n) is 17.7. The first kappa shape index (κ1) is 18.6. The minimum absolute atomic E-state index is 0.147. The minimum Gasteiger partial charge on any atom is -0.507 e. The molecule has 0 unspecified atom stereocenters. The summed E-state index contributed by atoms with van der Waals surface area (Å²) in [5.74, 6) is 0.427. The van der Waals surface area contributed by atoms with Gasteiger partial charge in [0.2, 0.25) is 0 Å². The van der Waals surface area contributed by atoms with Crippen LogP contribution in [0.15, 0.2) is 60.8 Å². The van der Waals surface area contributed by atoms with Crippen molar-refractivity contribution in [1.82, 2.24) is 4.40 Å². The Bertz CT molecular complexity index is 1090. The standard InChI is InChI=1S/C26H29NO/c1-25(2,3)19-15-17(16-20(24(19)28)26(4,5)6)23-18-11-7-8-12-21(18)27-14-10-9-13-22(23)27/h7-16,28H,1-6H3. The molecule has 0 saturated carbocycles.